The van der Waals surface area contributed by atoms with Crippen LogP contribution in [0.2, 0.25) is 0 Å². The average molecular weight is 377 g/mol. The van der Waals surface area contributed by atoms with Crippen LogP contribution >= 0.6 is 0 Å². The molecule has 5 nitrogen and oxygen atoms in total. The topological polar surface area (TPSA) is 52.7 Å². The molecular formula is C23H27N3O2. The van der Waals surface area contributed by atoms with E-state index >= 15 is 0 Å². The lowest BCUT2D eigenvalue weighted by molar-refractivity contribution is 0.0724. The lowest BCUT2D eigenvalue weighted by atomic mass is 10.1. The fourth-order valence-electron chi connectivity index (χ4n) is 4.07. The summed E-state index contributed by atoms with van der Waals surface area (Å²) in [7, 11) is 0. The van der Waals surface area contributed by atoms with Crippen LogP contribution in [0.3, 0.4) is 0 Å². The number of piperidine rings is 1. The van der Waals surface area contributed by atoms with Gasteiger partial charge in [0.05, 0.1) is 0 Å². The zero-order chi connectivity index (χ0) is 19.3. The predicted octanol–water partition coefficient (Wildman–Crippen LogP) is 4.69. The van der Waals surface area contributed by atoms with E-state index in [9.17, 15) is 9.59 Å². The first-order chi connectivity index (χ1) is 13.7. The van der Waals surface area contributed by atoms with Gasteiger partial charge in [0.2, 0.25) is 0 Å². The molecule has 0 bridgehead atoms. The molecule has 4 rings (SSSR count). The van der Waals surface area contributed by atoms with Gasteiger partial charge in [-0.25, -0.2) is 4.79 Å². The lowest BCUT2D eigenvalue weighted by Gasteiger charge is -2.27. The van der Waals surface area contributed by atoms with Crippen molar-refractivity contribution in [1.82, 2.24) is 4.90 Å². The van der Waals surface area contributed by atoms with Crippen molar-refractivity contribution >= 4 is 23.3 Å². The highest BCUT2D eigenvalue weighted by molar-refractivity contribution is 6.02. The van der Waals surface area contributed by atoms with E-state index in [1.54, 1.807) is 0 Å². The van der Waals surface area contributed by atoms with Crippen LogP contribution in [0.4, 0.5) is 16.2 Å². The van der Waals surface area contributed by atoms with E-state index in [1.807, 2.05) is 52.3 Å². The van der Waals surface area contributed by atoms with Crippen molar-refractivity contribution in [1.29, 1.82) is 0 Å². The number of anilines is 2. The normalized spacial score (nSPS) is 16.9. The van der Waals surface area contributed by atoms with Crippen molar-refractivity contribution in [3.8, 4) is 0 Å². The minimum absolute atomic E-state index is 0.0824. The molecule has 5 heteroatoms. The van der Waals surface area contributed by atoms with E-state index in [0.29, 0.717) is 17.8 Å². The van der Waals surface area contributed by atoms with Gasteiger partial charge in [-0.15, -0.1) is 0 Å². The number of rotatable bonds is 2. The average Bonchev–Trinajstić information content (AvgIpc) is 2.97. The van der Waals surface area contributed by atoms with Gasteiger partial charge in [0, 0.05) is 36.6 Å². The van der Waals surface area contributed by atoms with Crippen LogP contribution < -0.4 is 10.2 Å². The Balaban J connectivity index is 1.44. The van der Waals surface area contributed by atoms with Gasteiger partial charge in [-0.05, 0) is 74.4 Å². The highest BCUT2D eigenvalue weighted by Crippen LogP contribution is 2.27. The van der Waals surface area contributed by atoms with Crippen molar-refractivity contribution in [2.75, 3.05) is 29.9 Å². The van der Waals surface area contributed by atoms with Crippen molar-refractivity contribution in [3.05, 3.63) is 59.7 Å². The standard InChI is InChI=1S/C23H27N3O2/c27-22(25-15-5-1-6-16-25)19-11-13-20(14-12-19)24-23(28)26-17-7-4-9-18-8-2-3-10-21(18)26/h2-3,8,10-14H,1,4-7,9,15-17H2,(H,24,28). The van der Waals surface area contributed by atoms with Crippen molar-refractivity contribution in [3.63, 3.8) is 0 Å². The molecule has 1 fully saturated rings. The number of carbonyl (C=O) groups is 2. The van der Waals surface area contributed by atoms with E-state index in [-0.39, 0.29) is 11.9 Å². The number of hydrogen-bond acceptors (Lipinski definition) is 2. The Morgan fingerprint density at radius 1 is 0.786 bits per heavy atom. The smallest absolute Gasteiger partial charge is 0.326 e. The summed E-state index contributed by atoms with van der Waals surface area (Å²) in [5.74, 6) is 0.0824. The Bertz CT molecular complexity index is 841. The van der Waals surface area contributed by atoms with Crippen LogP contribution in [0.15, 0.2) is 48.5 Å². The molecule has 0 saturated carbocycles. The van der Waals surface area contributed by atoms with Crippen molar-refractivity contribution < 1.29 is 9.59 Å². The Labute approximate surface area is 166 Å². The molecule has 1 saturated heterocycles. The molecule has 0 aromatic heterocycles. The summed E-state index contributed by atoms with van der Waals surface area (Å²) < 4.78 is 0. The van der Waals surface area contributed by atoms with Gasteiger partial charge in [-0.3, -0.25) is 9.69 Å². The Kier molecular flexibility index (Phi) is 5.60. The van der Waals surface area contributed by atoms with E-state index in [0.717, 1.165) is 50.9 Å². The van der Waals surface area contributed by atoms with Gasteiger partial charge < -0.3 is 10.2 Å². The molecule has 28 heavy (non-hydrogen) atoms. The third-order valence-corrected chi connectivity index (χ3v) is 5.63. The maximum Gasteiger partial charge on any atom is 0.326 e. The third kappa shape index (κ3) is 4.03. The van der Waals surface area contributed by atoms with Crippen LogP contribution in [-0.2, 0) is 6.42 Å². The van der Waals surface area contributed by atoms with Gasteiger partial charge in [-0.2, -0.15) is 0 Å². The molecule has 3 amide bonds. The Morgan fingerprint density at radius 3 is 2.29 bits per heavy atom. The molecule has 146 valence electrons. The summed E-state index contributed by atoms with van der Waals surface area (Å²) in [6.07, 6.45) is 6.45. The predicted molar refractivity (Wildman–Crippen MR) is 112 cm³/mol. The maximum absolute atomic E-state index is 12.9. The number of para-hydroxylation sites is 1. The molecule has 0 spiro atoms. The van der Waals surface area contributed by atoms with Gasteiger partial charge in [-0.1, -0.05) is 18.2 Å². The molecule has 0 unspecified atom stereocenters. The van der Waals surface area contributed by atoms with Gasteiger partial charge >= 0.3 is 6.03 Å². The minimum atomic E-state index is -0.121. The van der Waals surface area contributed by atoms with Gasteiger partial charge in [0.25, 0.3) is 5.91 Å². The van der Waals surface area contributed by atoms with E-state index < -0.39 is 0 Å². The summed E-state index contributed by atoms with van der Waals surface area (Å²) in [6.45, 7) is 2.39. The summed E-state index contributed by atoms with van der Waals surface area (Å²) in [5.41, 5.74) is 3.61. The number of likely N-dealkylation sites (tertiary alicyclic amines) is 1. The third-order valence-electron chi connectivity index (χ3n) is 5.63. The zero-order valence-corrected chi connectivity index (χ0v) is 16.2. The largest absolute Gasteiger partial charge is 0.339 e. The monoisotopic (exact) mass is 377 g/mol. The minimum Gasteiger partial charge on any atom is -0.339 e. The number of benzene rings is 2. The van der Waals surface area contributed by atoms with Crippen molar-refractivity contribution in [2.24, 2.45) is 0 Å². The molecule has 1 N–H and O–H groups in total. The number of nitrogens with one attached hydrogen (secondary N) is 1. The summed E-state index contributed by atoms with van der Waals surface area (Å²) >= 11 is 0. The first kappa shape index (κ1) is 18.5. The molecule has 2 aliphatic rings. The van der Waals surface area contributed by atoms with Crippen LogP contribution in [0.1, 0.15) is 48.0 Å². The fourth-order valence-corrected chi connectivity index (χ4v) is 4.07. The first-order valence-corrected chi connectivity index (χ1v) is 10.3. The maximum atomic E-state index is 12.9. The summed E-state index contributed by atoms with van der Waals surface area (Å²) in [5, 5.41) is 2.99. The second-order valence-electron chi connectivity index (χ2n) is 7.60. The Hall–Kier alpha value is -2.82. The number of aryl methyl sites for hydroxylation is 1. The number of urea groups is 1. The van der Waals surface area contributed by atoms with E-state index in [2.05, 4.69) is 11.4 Å². The second-order valence-corrected chi connectivity index (χ2v) is 7.60. The van der Waals surface area contributed by atoms with E-state index in [4.69, 9.17) is 0 Å². The zero-order valence-electron chi connectivity index (χ0n) is 16.2. The Morgan fingerprint density at radius 2 is 1.50 bits per heavy atom. The van der Waals surface area contributed by atoms with Crippen LogP contribution in [0.5, 0.6) is 0 Å². The number of fused-ring (bicyclic) bond motifs is 1. The van der Waals surface area contributed by atoms with Gasteiger partial charge in [0.15, 0.2) is 0 Å². The van der Waals surface area contributed by atoms with Crippen molar-refractivity contribution in [2.45, 2.75) is 38.5 Å². The van der Waals surface area contributed by atoms with Crippen LogP contribution in [-0.4, -0.2) is 36.5 Å². The molecule has 2 aliphatic heterocycles. The molecule has 2 heterocycles. The molecule has 0 atom stereocenters. The van der Waals surface area contributed by atoms with E-state index in [1.165, 1.54) is 12.0 Å². The number of carbonyl (C=O) groups excluding carboxylic acids is 2. The number of hydrogen-bond donors (Lipinski definition) is 1. The molecule has 2 aromatic rings. The van der Waals surface area contributed by atoms with Gasteiger partial charge in [0.1, 0.15) is 0 Å². The van der Waals surface area contributed by atoms with Crippen LogP contribution in [0, 0.1) is 0 Å². The molecule has 0 aliphatic carbocycles. The summed E-state index contributed by atoms with van der Waals surface area (Å²) in [6, 6.07) is 15.2. The number of amides is 3. The summed E-state index contributed by atoms with van der Waals surface area (Å²) in [4.78, 5) is 29.2. The molecule has 0 radical (unpaired) electrons. The second kappa shape index (κ2) is 8.46. The SMILES string of the molecule is O=C(c1ccc(NC(=O)N2CCCCc3ccccc32)cc1)N1CCCCC1. The first-order valence-electron chi connectivity index (χ1n) is 10.3. The molecule has 2 aromatic carbocycles. The fraction of sp³-hybridized carbons (Fsp3) is 0.391. The highest BCUT2D eigenvalue weighted by atomic mass is 16.2. The lowest BCUT2D eigenvalue weighted by Crippen LogP contribution is -2.36. The highest BCUT2D eigenvalue weighted by Gasteiger charge is 2.21. The molecular weight excluding hydrogens is 350 g/mol. The van der Waals surface area contributed by atoms with Crippen LogP contribution in [0.25, 0.3) is 0 Å². The number of nitrogens with zero attached hydrogens (tertiary/aromatic N) is 2. The quantitative estimate of drug-likeness (QED) is 0.826.